The highest BCUT2D eigenvalue weighted by molar-refractivity contribution is 7.09. The fraction of sp³-hybridized carbons (Fsp3) is 0.400. The first-order valence-corrected chi connectivity index (χ1v) is 11.9. The predicted molar refractivity (Wildman–Crippen MR) is 128 cm³/mol. The monoisotopic (exact) mass is 450 g/mol. The molecule has 1 aliphatic heterocycles. The van der Waals surface area contributed by atoms with Crippen LogP contribution in [-0.2, 0) is 24.2 Å². The molecule has 0 unspecified atom stereocenters. The molecule has 0 fully saturated rings. The minimum Gasteiger partial charge on any atom is -0.497 e. The van der Waals surface area contributed by atoms with Gasteiger partial charge < -0.3 is 14.5 Å². The van der Waals surface area contributed by atoms with Crippen molar-refractivity contribution in [3.05, 3.63) is 71.0 Å². The Balaban J connectivity index is 1.37. The second kappa shape index (κ2) is 10.1. The van der Waals surface area contributed by atoms with Gasteiger partial charge in [-0.05, 0) is 49.1 Å². The van der Waals surface area contributed by atoms with E-state index in [-0.39, 0.29) is 11.9 Å². The molecule has 0 radical (unpaired) electrons. The molecule has 32 heavy (non-hydrogen) atoms. The molecule has 0 spiro atoms. The van der Waals surface area contributed by atoms with Crippen LogP contribution in [0.15, 0.2) is 48.5 Å². The average Bonchev–Trinajstić information content (AvgIpc) is 3.26. The first-order valence-electron chi connectivity index (χ1n) is 11.1. The molecule has 0 aliphatic carbocycles. The van der Waals surface area contributed by atoms with Crippen LogP contribution in [0.2, 0.25) is 0 Å². The summed E-state index contributed by atoms with van der Waals surface area (Å²) >= 11 is 1.40. The molecule has 168 valence electrons. The Morgan fingerprint density at radius 3 is 2.78 bits per heavy atom. The number of carbonyl (C=O) groups is 1. The van der Waals surface area contributed by atoms with E-state index >= 15 is 0 Å². The van der Waals surface area contributed by atoms with E-state index in [9.17, 15) is 4.79 Å². The second-order valence-corrected chi connectivity index (χ2v) is 9.12. The van der Waals surface area contributed by atoms with Gasteiger partial charge in [-0.15, -0.1) is 0 Å². The van der Waals surface area contributed by atoms with E-state index in [0.717, 1.165) is 35.2 Å². The number of fused-ring (bicyclic) bond motifs is 1. The van der Waals surface area contributed by atoms with E-state index in [2.05, 4.69) is 47.4 Å². The second-order valence-electron chi connectivity index (χ2n) is 8.39. The van der Waals surface area contributed by atoms with E-state index in [1.807, 2.05) is 29.2 Å². The van der Waals surface area contributed by atoms with Gasteiger partial charge in [0.05, 0.1) is 7.11 Å². The minimum absolute atomic E-state index is 0.200. The number of hydrogen-bond donors (Lipinski definition) is 0. The number of rotatable bonds is 8. The number of carbonyl (C=O) groups excluding carboxylic acids is 1. The van der Waals surface area contributed by atoms with Crippen molar-refractivity contribution in [2.45, 2.75) is 45.7 Å². The van der Waals surface area contributed by atoms with Crippen molar-refractivity contribution in [2.75, 3.05) is 25.1 Å². The van der Waals surface area contributed by atoms with E-state index in [1.165, 1.54) is 22.7 Å². The fourth-order valence-electron chi connectivity index (χ4n) is 4.06. The highest BCUT2D eigenvalue weighted by Gasteiger charge is 2.22. The molecular formula is C25H30N4O2S. The van der Waals surface area contributed by atoms with E-state index < -0.39 is 0 Å². The van der Waals surface area contributed by atoms with Gasteiger partial charge >= 0.3 is 0 Å². The number of hydrogen-bond acceptors (Lipinski definition) is 6. The summed E-state index contributed by atoms with van der Waals surface area (Å²) in [7, 11) is 1.67. The number of amides is 1. The van der Waals surface area contributed by atoms with Crippen LogP contribution < -0.4 is 9.64 Å². The van der Waals surface area contributed by atoms with Crippen LogP contribution in [0, 0.1) is 0 Å². The van der Waals surface area contributed by atoms with Crippen molar-refractivity contribution in [3.63, 3.8) is 0 Å². The van der Waals surface area contributed by atoms with Crippen LogP contribution >= 0.6 is 11.5 Å². The van der Waals surface area contributed by atoms with Gasteiger partial charge in [-0.25, -0.2) is 4.98 Å². The summed E-state index contributed by atoms with van der Waals surface area (Å²) in [5.41, 5.74) is 3.74. The largest absolute Gasteiger partial charge is 0.497 e. The van der Waals surface area contributed by atoms with Gasteiger partial charge in [0.25, 0.3) is 0 Å². The fourth-order valence-corrected chi connectivity index (χ4v) is 4.90. The molecule has 7 heteroatoms. The number of benzene rings is 2. The van der Waals surface area contributed by atoms with Gasteiger partial charge in [0.15, 0.2) is 0 Å². The summed E-state index contributed by atoms with van der Waals surface area (Å²) in [5.74, 6) is 1.83. The maximum absolute atomic E-state index is 12.9. The van der Waals surface area contributed by atoms with Crippen LogP contribution in [0.25, 0.3) is 0 Å². The number of anilines is 1. The van der Waals surface area contributed by atoms with Crippen LogP contribution in [0.1, 0.15) is 42.8 Å². The molecular weight excluding hydrogens is 420 g/mol. The topological polar surface area (TPSA) is 58.6 Å². The highest BCUT2D eigenvalue weighted by Crippen LogP contribution is 2.24. The van der Waals surface area contributed by atoms with E-state index in [1.54, 1.807) is 7.11 Å². The summed E-state index contributed by atoms with van der Waals surface area (Å²) < 4.78 is 9.87. The van der Waals surface area contributed by atoms with Crippen LogP contribution in [0.5, 0.6) is 5.75 Å². The van der Waals surface area contributed by atoms with E-state index in [0.29, 0.717) is 25.9 Å². The molecule has 6 nitrogen and oxygen atoms in total. The number of methoxy groups -OCH3 is 1. The lowest BCUT2D eigenvalue weighted by Gasteiger charge is -2.31. The predicted octanol–water partition coefficient (Wildman–Crippen LogP) is 4.33. The number of ether oxygens (including phenoxy) is 1. The molecule has 4 rings (SSSR count). The van der Waals surface area contributed by atoms with Gasteiger partial charge in [-0.3, -0.25) is 4.79 Å². The zero-order chi connectivity index (χ0) is 22.5. The molecule has 2 heterocycles. The summed E-state index contributed by atoms with van der Waals surface area (Å²) in [6, 6.07) is 16.6. The Morgan fingerprint density at radius 1 is 1.19 bits per heavy atom. The lowest BCUT2D eigenvalue weighted by atomic mass is 10.00. The zero-order valence-corrected chi connectivity index (χ0v) is 19.8. The summed E-state index contributed by atoms with van der Waals surface area (Å²) in [5, 5.41) is 0.870. The number of nitrogens with zero attached hydrogens (tertiary/aromatic N) is 4. The zero-order valence-electron chi connectivity index (χ0n) is 19.0. The van der Waals surface area contributed by atoms with Crippen LogP contribution in [0.3, 0.4) is 0 Å². The molecule has 0 N–H and O–H groups in total. The first kappa shape index (κ1) is 22.3. The number of aromatic nitrogens is 2. The maximum Gasteiger partial charge on any atom is 0.224 e. The van der Waals surface area contributed by atoms with Gasteiger partial charge in [-0.2, -0.15) is 4.37 Å². The third-order valence-electron chi connectivity index (χ3n) is 5.87. The Bertz CT molecular complexity index is 1070. The van der Waals surface area contributed by atoms with Crippen LogP contribution in [0.4, 0.5) is 5.13 Å². The van der Waals surface area contributed by atoms with Crippen molar-refractivity contribution < 1.29 is 9.53 Å². The molecule has 1 aliphatic rings. The van der Waals surface area contributed by atoms with Crippen molar-refractivity contribution in [2.24, 2.45) is 0 Å². The highest BCUT2D eigenvalue weighted by atomic mass is 32.1. The summed E-state index contributed by atoms with van der Waals surface area (Å²) in [6.45, 7) is 6.40. The van der Waals surface area contributed by atoms with Gasteiger partial charge in [0, 0.05) is 50.1 Å². The smallest absolute Gasteiger partial charge is 0.224 e. The molecule has 0 saturated heterocycles. The lowest BCUT2D eigenvalue weighted by molar-refractivity contribution is -0.131. The summed E-state index contributed by atoms with van der Waals surface area (Å²) in [6.07, 6.45) is 2.07. The first-order chi connectivity index (χ1) is 15.5. The maximum atomic E-state index is 12.9. The molecule has 0 atom stereocenters. The van der Waals surface area contributed by atoms with Gasteiger partial charge in [-0.1, -0.05) is 36.4 Å². The van der Waals surface area contributed by atoms with Gasteiger partial charge in [0.2, 0.25) is 11.0 Å². The normalized spacial score (nSPS) is 13.2. The van der Waals surface area contributed by atoms with Crippen molar-refractivity contribution in [1.29, 1.82) is 0 Å². The molecule has 0 saturated carbocycles. The Morgan fingerprint density at radius 2 is 2.00 bits per heavy atom. The minimum atomic E-state index is 0.200. The SMILES string of the molecule is COc1cccc(Cc2nsc(N(CCC(=O)N3CCc4ccccc4C3)C(C)C)n2)c1. The standard InChI is InChI=1S/C25H30N4O2S/c1-18(2)29(14-12-24(30)28-13-11-20-8-4-5-9-21(20)17-28)25-26-23(27-32-25)16-19-7-6-10-22(15-19)31-3/h4-10,15,18H,11-14,16-17H2,1-3H3. The molecule has 0 bridgehead atoms. The Hall–Kier alpha value is -2.93. The molecule has 3 aromatic rings. The molecule has 1 amide bonds. The van der Waals surface area contributed by atoms with Crippen molar-refractivity contribution in [1.82, 2.24) is 14.3 Å². The quantitative estimate of drug-likeness (QED) is 0.511. The molecule has 1 aromatic heterocycles. The third-order valence-corrected chi connectivity index (χ3v) is 6.66. The summed E-state index contributed by atoms with van der Waals surface area (Å²) in [4.78, 5) is 21.9. The Kier molecular flexibility index (Phi) is 7.05. The molecule has 2 aromatic carbocycles. The van der Waals surface area contributed by atoms with E-state index in [4.69, 9.17) is 9.72 Å². The van der Waals surface area contributed by atoms with Crippen molar-refractivity contribution in [3.8, 4) is 5.75 Å². The van der Waals surface area contributed by atoms with Gasteiger partial charge in [0.1, 0.15) is 11.6 Å². The Labute approximate surface area is 194 Å². The lowest BCUT2D eigenvalue weighted by Crippen LogP contribution is -2.39. The van der Waals surface area contributed by atoms with Crippen LogP contribution in [-0.4, -0.2) is 46.4 Å². The average molecular weight is 451 g/mol. The van der Waals surface area contributed by atoms with Crippen molar-refractivity contribution >= 4 is 22.6 Å². The third kappa shape index (κ3) is 5.27.